The maximum absolute atomic E-state index is 10.7. The highest BCUT2D eigenvalue weighted by Crippen LogP contribution is 2.30. The van der Waals surface area contributed by atoms with Gasteiger partial charge in [0.05, 0.1) is 6.10 Å². The van der Waals surface area contributed by atoms with Crippen molar-refractivity contribution < 1.29 is 14.1 Å². The normalized spacial score (nSPS) is 25.7. The van der Waals surface area contributed by atoms with Crippen LogP contribution in [0.5, 0.6) is 0 Å². The van der Waals surface area contributed by atoms with Gasteiger partial charge in [0, 0.05) is 6.54 Å². The van der Waals surface area contributed by atoms with Crippen LogP contribution in [0.2, 0.25) is 0 Å². The predicted octanol–water partition coefficient (Wildman–Crippen LogP) is -0.653. The zero-order valence-corrected chi connectivity index (χ0v) is 8.05. The van der Waals surface area contributed by atoms with Crippen molar-refractivity contribution in [3.8, 4) is 0 Å². The molecule has 7 heteroatoms. The van der Waals surface area contributed by atoms with Crippen LogP contribution >= 0.6 is 0 Å². The molecule has 0 aliphatic carbocycles. The lowest BCUT2D eigenvalue weighted by Crippen LogP contribution is -2.19. The molecule has 2 unspecified atom stereocenters. The van der Waals surface area contributed by atoms with Crippen molar-refractivity contribution in [3.05, 3.63) is 11.7 Å². The molecule has 4 N–H and O–H groups in total. The lowest BCUT2D eigenvalue weighted by atomic mass is 10.2. The highest BCUT2D eigenvalue weighted by Gasteiger charge is 2.30. The average Bonchev–Trinajstić information content (AvgIpc) is 2.86. The number of rotatable bonds is 3. The third kappa shape index (κ3) is 1.97. The van der Waals surface area contributed by atoms with E-state index >= 15 is 0 Å². The van der Waals surface area contributed by atoms with E-state index in [2.05, 4.69) is 10.1 Å². The van der Waals surface area contributed by atoms with Crippen molar-refractivity contribution in [2.45, 2.75) is 25.0 Å². The fourth-order valence-electron chi connectivity index (χ4n) is 1.53. The number of carbonyl (C=O) groups is 1. The Kier molecular flexibility index (Phi) is 2.65. The number of ether oxygens (including phenoxy) is 1. The molecule has 1 aromatic heterocycles. The highest BCUT2D eigenvalue weighted by atomic mass is 16.5. The van der Waals surface area contributed by atoms with Crippen LogP contribution in [0.15, 0.2) is 4.52 Å². The number of nitrogens with two attached hydrogens (primary N) is 2. The van der Waals surface area contributed by atoms with Gasteiger partial charge in [-0.3, -0.25) is 4.79 Å². The zero-order chi connectivity index (χ0) is 10.8. The van der Waals surface area contributed by atoms with Gasteiger partial charge in [-0.2, -0.15) is 4.98 Å². The van der Waals surface area contributed by atoms with Crippen molar-refractivity contribution in [1.29, 1.82) is 0 Å². The minimum atomic E-state index is -0.710. The third-order valence-electron chi connectivity index (χ3n) is 2.31. The summed E-state index contributed by atoms with van der Waals surface area (Å²) in [4.78, 5) is 14.6. The van der Waals surface area contributed by atoms with Crippen molar-refractivity contribution in [2.75, 3.05) is 6.54 Å². The van der Waals surface area contributed by atoms with Gasteiger partial charge in [0.25, 0.3) is 17.6 Å². The standard InChI is InChI=1S/C8H12N4O3/c9-3-4-1-2-5(14-4)8-11-7(6(10)13)12-15-8/h4-5H,1-3,9H2,(H2,10,13). The average molecular weight is 212 g/mol. The van der Waals surface area contributed by atoms with Crippen LogP contribution in [0, 0.1) is 0 Å². The molecule has 2 atom stereocenters. The number of carbonyl (C=O) groups excluding carboxylic acids is 1. The topological polar surface area (TPSA) is 117 Å². The van der Waals surface area contributed by atoms with Gasteiger partial charge >= 0.3 is 0 Å². The van der Waals surface area contributed by atoms with Gasteiger partial charge in [-0.05, 0) is 12.8 Å². The van der Waals surface area contributed by atoms with Gasteiger partial charge in [-0.1, -0.05) is 5.16 Å². The predicted molar refractivity (Wildman–Crippen MR) is 48.7 cm³/mol. The van der Waals surface area contributed by atoms with Gasteiger partial charge in [0.15, 0.2) is 0 Å². The Morgan fingerprint density at radius 3 is 2.87 bits per heavy atom. The molecular formula is C8H12N4O3. The van der Waals surface area contributed by atoms with Crippen LogP contribution in [-0.4, -0.2) is 28.7 Å². The highest BCUT2D eigenvalue weighted by molar-refractivity contribution is 5.88. The summed E-state index contributed by atoms with van der Waals surface area (Å²) in [6, 6.07) is 0. The summed E-state index contributed by atoms with van der Waals surface area (Å²) in [5.74, 6) is -0.539. The van der Waals surface area contributed by atoms with Crippen molar-refractivity contribution in [3.63, 3.8) is 0 Å². The molecule has 2 heterocycles. The van der Waals surface area contributed by atoms with Crippen LogP contribution in [-0.2, 0) is 4.74 Å². The number of hydrogen-bond donors (Lipinski definition) is 2. The Labute approximate surface area is 85.8 Å². The number of nitrogens with zero attached hydrogens (tertiary/aromatic N) is 2. The molecule has 0 bridgehead atoms. The number of amides is 1. The smallest absolute Gasteiger partial charge is 0.290 e. The van der Waals surface area contributed by atoms with E-state index in [-0.39, 0.29) is 18.0 Å². The number of aromatic nitrogens is 2. The van der Waals surface area contributed by atoms with E-state index in [9.17, 15) is 4.79 Å². The molecule has 2 rings (SSSR count). The summed E-state index contributed by atoms with van der Waals surface area (Å²) in [6.45, 7) is 0.466. The van der Waals surface area contributed by atoms with E-state index in [0.717, 1.165) is 12.8 Å². The molecule has 1 aliphatic rings. The van der Waals surface area contributed by atoms with Crippen LogP contribution in [0.25, 0.3) is 0 Å². The second kappa shape index (κ2) is 3.95. The molecule has 0 spiro atoms. The minimum Gasteiger partial charge on any atom is -0.364 e. The van der Waals surface area contributed by atoms with Crippen LogP contribution < -0.4 is 11.5 Å². The first-order valence-corrected chi connectivity index (χ1v) is 4.69. The molecular weight excluding hydrogens is 200 g/mol. The molecule has 7 nitrogen and oxygen atoms in total. The molecule has 1 amide bonds. The maximum atomic E-state index is 10.7. The lowest BCUT2D eigenvalue weighted by molar-refractivity contribution is 0.0307. The summed E-state index contributed by atoms with van der Waals surface area (Å²) >= 11 is 0. The number of primary amides is 1. The molecule has 1 fully saturated rings. The molecule has 1 saturated heterocycles. The van der Waals surface area contributed by atoms with Gasteiger partial charge in [0.1, 0.15) is 6.10 Å². The van der Waals surface area contributed by atoms with Crippen molar-refractivity contribution >= 4 is 5.91 Å². The first-order chi connectivity index (χ1) is 7.20. The Hall–Kier alpha value is -1.47. The fraction of sp³-hybridized carbons (Fsp3) is 0.625. The van der Waals surface area contributed by atoms with Crippen LogP contribution in [0.1, 0.15) is 35.5 Å². The largest absolute Gasteiger partial charge is 0.364 e. The Morgan fingerprint density at radius 2 is 2.33 bits per heavy atom. The fourth-order valence-corrected chi connectivity index (χ4v) is 1.53. The monoisotopic (exact) mass is 212 g/mol. The summed E-state index contributed by atoms with van der Waals surface area (Å²) in [6.07, 6.45) is 1.38. The molecule has 1 aromatic rings. The van der Waals surface area contributed by atoms with Gasteiger partial charge in [-0.15, -0.1) is 0 Å². The SMILES string of the molecule is NCC1CCC(c2nc(C(N)=O)no2)O1. The molecule has 1 aliphatic heterocycles. The number of hydrogen-bond acceptors (Lipinski definition) is 6. The quantitative estimate of drug-likeness (QED) is 0.687. The van der Waals surface area contributed by atoms with Crippen molar-refractivity contribution in [1.82, 2.24) is 10.1 Å². The van der Waals surface area contributed by atoms with E-state index in [1.165, 1.54) is 0 Å². The van der Waals surface area contributed by atoms with E-state index in [0.29, 0.717) is 12.4 Å². The Bertz CT molecular complexity index is 365. The summed E-state index contributed by atoms with van der Waals surface area (Å²) in [5.41, 5.74) is 10.5. The first kappa shape index (κ1) is 10.1. The summed E-state index contributed by atoms with van der Waals surface area (Å²) < 4.78 is 10.4. The Morgan fingerprint density at radius 1 is 1.53 bits per heavy atom. The third-order valence-corrected chi connectivity index (χ3v) is 2.31. The van der Waals surface area contributed by atoms with Gasteiger partial charge < -0.3 is 20.7 Å². The second-order valence-corrected chi connectivity index (χ2v) is 3.38. The molecule has 0 radical (unpaired) electrons. The second-order valence-electron chi connectivity index (χ2n) is 3.38. The minimum absolute atomic E-state index is 0.0268. The van der Waals surface area contributed by atoms with Gasteiger partial charge in [0.2, 0.25) is 0 Å². The lowest BCUT2D eigenvalue weighted by Gasteiger charge is -2.07. The van der Waals surface area contributed by atoms with E-state index in [1.807, 2.05) is 0 Å². The van der Waals surface area contributed by atoms with Crippen molar-refractivity contribution in [2.24, 2.45) is 11.5 Å². The van der Waals surface area contributed by atoms with E-state index in [1.54, 1.807) is 0 Å². The molecule has 0 saturated carbocycles. The molecule has 0 aromatic carbocycles. The maximum Gasteiger partial charge on any atom is 0.290 e. The first-order valence-electron chi connectivity index (χ1n) is 4.69. The van der Waals surface area contributed by atoms with E-state index < -0.39 is 5.91 Å². The molecule has 15 heavy (non-hydrogen) atoms. The molecule has 82 valence electrons. The summed E-state index contributed by atoms with van der Waals surface area (Å²) in [7, 11) is 0. The van der Waals surface area contributed by atoms with E-state index in [4.69, 9.17) is 20.7 Å². The van der Waals surface area contributed by atoms with Crippen LogP contribution in [0.4, 0.5) is 0 Å². The van der Waals surface area contributed by atoms with Crippen LogP contribution in [0.3, 0.4) is 0 Å². The summed E-state index contributed by atoms with van der Waals surface area (Å²) in [5, 5.41) is 3.44. The zero-order valence-electron chi connectivity index (χ0n) is 8.05. The Balaban J connectivity index is 2.07. The van der Waals surface area contributed by atoms with Gasteiger partial charge in [-0.25, -0.2) is 0 Å².